The van der Waals surface area contributed by atoms with Crippen LogP contribution in [0.15, 0.2) is 23.6 Å². The average molecular weight is 269 g/mol. The van der Waals surface area contributed by atoms with Gasteiger partial charge in [0, 0.05) is 11.4 Å². The minimum Gasteiger partial charge on any atom is -0.468 e. The van der Waals surface area contributed by atoms with Crippen molar-refractivity contribution in [3.8, 4) is 0 Å². The molecule has 5 nitrogen and oxygen atoms in total. The number of carbonyl (C=O) groups is 1. The van der Waals surface area contributed by atoms with Crippen molar-refractivity contribution in [3.63, 3.8) is 0 Å². The minimum atomic E-state index is -0.672. The van der Waals surface area contributed by atoms with Gasteiger partial charge in [-0.2, -0.15) is 0 Å². The maximum Gasteiger partial charge on any atom is 0.325 e. The summed E-state index contributed by atoms with van der Waals surface area (Å²) in [4.78, 5) is 19.8. The van der Waals surface area contributed by atoms with E-state index >= 15 is 0 Å². The van der Waals surface area contributed by atoms with Gasteiger partial charge in [0.05, 0.1) is 12.1 Å². The molecule has 0 aliphatic carbocycles. The first-order valence-electron chi connectivity index (χ1n) is 5.72. The second-order valence-electron chi connectivity index (χ2n) is 4.25. The van der Waals surface area contributed by atoms with Crippen molar-refractivity contribution in [2.24, 2.45) is 0 Å². The van der Waals surface area contributed by atoms with E-state index in [0.717, 1.165) is 5.03 Å². The number of nitrogens with zero attached hydrogens (tertiary/aromatic N) is 2. The number of aromatic nitrogens is 2. The highest BCUT2D eigenvalue weighted by Gasteiger charge is 2.34. The summed E-state index contributed by atoms with van der Waals surface area (Å²) in [6.07, 6.45) is 3.89. The topological polar surface area (TPSA) is 64.1 Å². The van der Waals surface area contributed by atoms with Crippen molar-refractivity contribution in [2.75, 3.05) is 14.2 Å². The molecule has 0 amide bonds. The molecule has 0 radical (unpaired) electrons. The molecule has 0 fully saturated rings. The highest BCUT2D eigenvalue weighted by atomic mass is 32.2. The summed E-state index contributed by atoms with van der Waals surface area (Å²) in [5.41, 5.74) is -0.672. The third kappa shape index (κ3) is 3.96. The van der Waals surface area contributed by atoms with Crippen LogP contribution in [-0.2, 0) is 9.53 Å². The Labute approximate surface area is 112 Å². The van der Waals surface area contributed by atoms with Crippen LogP contribution in [0.3, 0.4) is 0 Å². The fraction of sp³-hybridized carbons (Fsp3) is 0.583. The van der Waals surface area contributed by atoms with Gasteiger partial charge in [0.2, 0.25) is 0 Å². The van der Waals surface area contributed by atoms with Gasteiger partial charge in [-0.1, -0.05) is 6.92 Å². The van der Waals surface area contributed by atoms with E-state index in [1.807, 2.05) is 13.0 Å². The number of esters is 1. The number of thioether (sulfide) groups is 1. The molecule has 100 valence electrons. The van der Waals surface area contributed by atoms with E-state index in [1.165, 1.54) is 13.4 Å². The first-order chi connectivity index (χ1) is 8.51. The molecule has 1 aromatic heterocycles. The molecule has 0 aliphatic heterocycles. The molecule has 2 unspecified atom stereocenters. The molecule has 1 rings (SSSR count). The van der Waals surface area contributed by atoms with E-state index < -0.39 is 5.54 Å². The summed E-state index contributed by atoms with van der Waals surface area (Å²) in [7, 11) is 3.17. The Morgan fingerprint density at radius 2 is 2.39 bits per heavy atom. The summed E-state index contributed by atoms with van der Waals surface area (Å²) < 4.78 is 4.82. The number of ether oxygens (including phenoxy) is 1. The number of hydrogen-bond acceptors (Lipinski definition) is 6. The summed E-state index contributed by atoms with van der Waals surface area (Å²) in [5, 5.41) is 4.16. The minimum absolute atomic E-state index is 0.233. The van der Waals surface area contributed by atoms with Crippen molar-refractivity contribution in [1.29, 1.82) is 0 Å². The van der Waals surface area contributed by atoms with Gasteiger partial charge in [0.1, 0.15) is 11.9 Å². The van der Waals surface area contributed by atoms with Gasteiger partial charge in [0.15, 0.2) is 0 Å². The van der Waals surface area contributed by atoms with E-state index in [-0.39, 0.29) is 11.2 Å². The standard InChI is InChI=1S/C12H19N3O2S/c1-9(18-10-5-6-14-8-15-10)7-12(2,13-3)11(16)17-4/h5-6,8-9,13H,7H2,1-4H3. The van der Waals surface area contributed by atoms with E-state index in [1.54, 1.807) is 25.0 Å². The van der Waals surface area contributed by atoms with Crippen molar-refractivity contribution in [3.05, 3.63) is 18.6 Å². The van der Waals surface area contributed by atoms with Crippen molar-refractivity contribution in [2.45, 2.75) is 36.1 Å². The van der Waals surface area contributed by atoms with Gasteiger partial charge in [-0.15, -0.1) is 11.8 Å². The van der Waals surface area contributed by atoms with Gasteiger partial charge in [0.25, 0.3) is 0 Å². The lowest BCUT2D eigenvalue weighted by Crippen LogP contribution is -2.49. The van der Waals surface area contributed by atoms with Crippen LogP contribution in [0.1, 0.15) is 20.3 Å². The second-order valence-corrected chi connectivity index (χ2v) is 5.71. The van der Waals surface area contributed by atoms with Gasteiger partial charge in [-0.05, 0) is 26.5 Å². The molecular weight excluding hydrogens is 250 g/mol. The lowest BCUT2D eigenvalue weighted by Gasteiger charge is -2.28. The Balaban J connectivity index is 2.63. The fourth-order valence-corrected chi connectivity index (χ4v) is 2.76. The molecule has 0 aliphatic rings. The molecule has 0 spiro atoms. The molecule has 0 bridgehead atoms. The second kappa shape index (κ2) is 6.70. The molecule has 0 saturated carbocycles. The number of likely N-dealkylation sites (N-methyl/N-ethyl adjacent to an activating group) is 1. The number of methoxy groups -OCH3 is 1. The van der Waals surface area contributed by atoms with Crippen LogP contribution in [0, 0.1) is 0 Å². The van der Waals surface area contributed by atoms with Crippen molar-refractivity contribution >= 4 is 17.7 Å². The van der Waals surface area contributed by atoms with Crippen molar-refractivity contribution in [1.82, 2.24) is 15.3 Å². The molecule has 0 aromatic carbocycles. The monoisotopic (exact) mass is 269 g/mol. The molecule has 1 aromatic rings. The van der Waals surface area contributed by atoms with Gasteiger partial charge in [-0.3, -0.25) is 4.79 Å². The summed E-state index contributed by atoms with van der Waals surface area (Å²) in [6, 6.07) is 1.86. The van der Waals surface area contributed by atoms with Crippen LogP contribution in [0.4, 0.5) is 0 Å². The highest BCUT2D eigenvalue weighted by molar-refractivity contribution is 7.99. The SMILES string of the molecule is CNC(C)(CC(C)Sc1ccncn1)C(=O)OC. The molecule has 6 heteroatoms. The Hall–Kier alpha value is -1.14. The quantitative estimate of drug-likeness (QED) is 0.479. The van der Waals surface area contributed by atoms with E-state index in [9.17, 15) is 4.79 Å². The largest absolute Gasteiger partial charge is 0.468 e. The van der Waals surface area contributed by atoms with Gasteiger partial charge in [-0.25, -0.2) is 9.97 Å². The van der Waals surface area contributed by atoms with E-state index in [4.69, 9.17) is 4.74 Å². The molecule has 1 N–H and O–H groups in total. The maximum atomic E-state index is 11.7. The van der Waals surface area contributed by atoms with Gasteiger partial charge >= 0.3 is 5.97 Å². The third-order valence-corrected chi connectivity index (χ3v) is 3.81. The highest BCUT2D eigenvalue weighted by Crippen LogP contribution is 2.27. The van der Waals surface area contributed by atoms with Crippen LogP contribution in [-0.4, -0.2) is 40.9 Å². The normalized spacial score (nSPS) is 15.8. The van der Waals surface area contributed by atoms with E-state index in [2.05, 4.69) is 22.2 Å². The molecule has 0 saturated heterocycles. The van der Waals surface area contributed by atoms with Crippen LogP contribution in [0.2, 0.25) is 0 Å². The van der Waals surface area contributed by atoms with Crippen LogP contribution in [0.5, 0.6) is 0 Å². The van der Waals surface area contributed by atoms with Gasteiger partial charge < -0.3 is 10.1 Å². The fourth-order valence-electron chi connectivity index (χ4n) is 1.68. The Morgan fingerprint density at radius 3 is 2.89 bits per heavy atom. The Bertz CT molecular complexity index is 388. The number of nitrogens with one attached hydrogen (secondary N) is 1. The summed E-state index contributed by atoms with van der Waals surface area (Å²) in [5.74, 6) is -0.250. The molecule has 18 heavy (non-hydrogen) atoms. The number of carbonyl (C=O) groups excluding carboxylic acids is 1. The Morgan fingerprint density at radius 1 is 1.67 bits per heavy atom. The number of rotatable bonds is 6. The predicted octanol–water partition coefficient (Wildman–Crippen LogP) is 1.50. The smallest absolute Gasteiger partial charge is 0.325 e. The van der Waals surface area contributed by atoms with Crippen LogP contribution >= 0.6 is 11.8 Å². The van der Waals surface area contributed by atoms with Crippen LogP contribution < -0.4 is 5.32 Å². The molecular formula is C12H19N3O2S. The van der Waals surface area contributed by atoms with Crippen LogP contribution in [0.25, 0.3) is 0 Å². The summed E-state index contributed by atoms with van der Waals surface area (Å²) >= 11 is 1.61. The summed E-state index contributed by atoms with van der Waals surface area (Å²) in [6.45, 7) is 3.90. The lowest BCUT2D eigenvalue weighted by molar-refractivity contribution is -0.147. The zero-order chi connectivity index (χ0) is 13.6. The maximum absolute atomic E-state index is 11.7. The average Bonchev–Trinajstić information content (AvgIpc) is 2.38. The first kappa shape index (κ1) is 14.9. The lowest BCUT2D eigenvalue weighted by atomic mass is 9.96. The van der Waals surface area contributed by atoms with E-state index in [0.29, 0.717) is 6.42 Å². The molecule has 2 atom stereocenters. The number of hydrogen-bond donors (Lipinski definition) is 1. The zero-order valence-corrected chi connectivity index (χ0v) is 12.0. The molecule has 1 heterocycles. The first-order valence-corrected chi connectivity index (χ1v) is 6.60. The Kier molecular flexibility index (Phi) is 5.55. The predicted molar refractivity (Wildman–Crippen MR) is 71.4 cm³/mol. The zero-order valence-electron chi connectivity index (χ0n) is 11.1. The van der Waals surface area contributed by atoms with Crippen molar-refractivity contribution < 1.29 is 9.53 Å². The third-order valence-electron chi connectivity index (χ3n) is 2.76.